The van der Waals surface area contributed by atoms with Gasteiger partial charge in [-0.15, -0.1) is 5.10 Å². The van der Waals surface area contributed by atoms with E-state index in [1.807, 2.05) is 4.90 Å². The number of piperidine rings is 1. The van der Waals surface area contributed by atoms with E-state index >= 15 is 0 Å². The predicted octanol–water partition coefficient (Wildman–Crippen LogP) is 1.36. The monoisotopic (exact) mass is 291 g/mol. The molecular formula is C15H25N5O. The topological polar surface area (TPSA) is 73.9 Å². The highest BCUT2D eigenvalue weighted by molar-refractivity contribution is 5.90. The molecule has 0 bridgehead atoms. The summed E-state index contributed by atoms with van der Waals surface area (Å²) in [6.45, 7) is 4.91. The molecule has 2 fully saturated rings. The standard InChI is InChI=1S/C15H25N5O/c1-2-4-13-17-14(19-18-13)15(21)20-9-6-11(7-10-20)12-5-3-8-16-12/h11-12,16H,2-10H2,1H3,(H,17,18,19). The Morgan fingerprint density at radius 1 is 1.33 bits per heavy atom. The molecule has 2 aliphatic rings. The first-order valence-electron chi connectivity index (χ1n) is 8.22. The Balaban J connectivity index is 1.54. The van der Waals surface area contributed by atoms with Crippen molar-refractivity contribution in [1.29, 1.82) is 0 Å². The molecule has 3 heterocycles. The lowest BCUT2D eigenvalue weighted by Crippen LogP contribution is -2.43. The molecule has 0 aliphatic carbocycles. The first-order valence-corrected chi connectivity index (χ1v) is 8.22. The third kappa shape index (κ3) is 3.26. The number of hydrogen-bond acceptors (Lipinski definition) is 4. The van der Waals surface area contributed by atoms with Crippen LogP contribution in [0.25, 0.3) is 0 Å². The van der Waals surface area contributed by atoms with Crippen molar-refractivity contribution in [2.45, 2.75) is 51.5 Å². The molecule has 0 aromatic carbocycles. The van der Waals surface area contributed by atoms with E-state index in [0.29, 0.717) is 11.9 Å². The SMILES string of the molecule is CCCc1nc(C(=O)N2CCC(C3CCCN3)CC2)n[nH]1. The van der Waals surface area contributed by atoms with Crippen molar-refractivity contribution in [3.05, 3.63) is 11.6 Å². The van der Waals surface area contributed by atoms with Gasteiger partial charge in [-0.05, 0) is 44.6 Å². The number of likely N-dealkylation sites (tertiary alicyclic amines) is 1. The van der Waals surface area contributed by atoms with Crippen LogP contribution in [-0.4, -0.2) is 51.7 Å². The zero-order valence-electron chi connectivity index (χ0n) is 12.8. The summed E-state index contributed by atoms with van der Waals surface area (Å²) in [5.41, 5.74) is 0. The van der Waals surface area contributed by atoms with Crippen molar-refractivity contribution < 1.29 is 4.79 Å². The van der Waals surface area contributed by atoms with Gasteiger partial charge in [0.2, 0.25) is 5.82 Å². The molecule has 6 heteroatoms. The molecule has 1 unspecified atom stereocenters. The van der Waals surface area contributed by atoms with Crippen LogP contribution in [0, 0.1) is 5.92 Å². The summed E-state index contributed by atoms with van der Waals surface area (Å²) in [7, 11) is 0. The van der Waals surface area contributed by atoms with Crippen molar-refractivity contribution in [3.8, 4) is 0 Å². The number of carbonyl (C=O) groups is 1. The molecule has 0 radical (unpaired) electrons. The number of hydrogen-bond donors (Lipinski definition) is 2. The number of aryl methyl sites for hydroxylation is 1. The summed E-state index contributed by atoms with van der Waals surface area (Å²) in [4.78, 5) is 18.6. The second-order valence-electron chi connectivity index (χ2n) is 6.19. The van der Waals surface area contributed by atoms with E-state index in [2.05, 4.69) is 27.4 Å². The summed E-state index contributed by atoms with van der Waals surface area (Å²) in [6.07, 6.45) is 6.62. The number of aromatic nitrogens is 3. The summed E-state index contributed by atoms with van der Waals surface area (Å²) in [5, 5.41) is 10.5. The summed E-state index contributed by atoms with van der Waals surface area (Å²) in [6, 6.07) is 0.668. The Bertz CT molecular complexity index is 472. The maximum atomic E-state index is 12.4. The van der Waals surface area contributed by atoms with Crippen molar-refractivity contribution in [2.24, 2.45) is 5.92 Å². The minimum Gasteiger partial charge on any atom is -0.336 e. The van der Waals surface area contributed by atoms with Crippen LogP contribution in [0.2, 0.25) is 0 Å². The third-order valence-electron chi connectivity index (χ3n) is 4.70. The molecule has 1 amide bonds. The number of aromatic amines is 1. The van der Waals surface area contributed by atoms with E-state index in [1.165, 1.54) is 12.8 Å². The maximum absolute atomic E-state index is 12.4. The van der Waals surface area contributed by atoms with E-state index in [-0.39, 0.29) is 5.91 Å². The Morgan fingerprint density at radius 3 is 2.81 bits per heavy atom. The van der Waals surface area contributed by atoms with Crippen LogP contribution < -0.4 is 5.32 Å². The molecule has 2 N–H and O–H groups in total. The average molecular weight is 291 g/mol. The van der Waals surface area contributed by atoms with Crippen molar-refractivity contribution >= 4 is 5.91 Å². The number of nitrogens with zero attached hydrogens (tertiary/aromatic N) is 3. The quantitative estimate of drug-likeness (QED) is 0.878. The summed E-state index contributed by atoms with van der Waals surface area (Å²) in [5.74, 6) is 1.84. The minimum atomic E-state index is -0.0218. The van der Waals surface area contributed by atoms with Crippen LogP contribution in [0.1, 0.15) is 55.5 Å². The van der Waals surface area contributed by atoms with Gasteiger partial charge in [0.05, 0.1) is 0 Å². The highest BCUT2D eigenvalue weighted by atomic mass is 16.2. The Hall–Kier alpha value is -1.43. The highest BCUT2D eigenvalue weighted by Crippen LogP contribution is 2.26. The zero-order valence-corrected chi connectivity index (χ0v) is 12.8. The Labute approximate surface area is 125 Å². The number of H-pyrrole nitrogens is 1. The van der Waals surface area contributed by atoms with Gasteiger partial charge in [-0.25, -0.2) is 4.98 Å². The van der Waals surface area contributed by atoms with Gasteiger partial charge >= 0.3 is 0 Å². The Kier molecular flexibility index (Phi) is 4.53. The van der Waals surface area contributed by atoms with Crippen LogP contribution in [0.4, 0.5) is 0 Å². The van der Waals surface area contributed by atoms with Crippen LogP contribution in [0.3, 0.4) is 0 Å². The molecule has 21 heavy (non-hydrogen) atoms. The molecule has 1 atom stereocenters. The second kappa shape index (κ2) is 6.56. The molecule has 0 saturated carbocycles. The first-order chi connectivity index (χ1) is 10.3. The third-order valence-corrected chi connectivity index (χ3v) is 4.70. The van der Waals surface area contributed by atoms with Crippen molar-refractivity contribution in [2.75, 3.05) is 19.6 Å². The van der Waals surface area contributed by atoms with Gasteiger partial charge in [0.25, 0.3) is 5.91 Å². The average Bonchev–Trinajstić information content (AvgIpc) is 3.19. The van der Waals surface area contributed by atoms with Gasteiger partial charge < -0.3 is 10.2 Å². The van der Waals surface area contributed by atoms with E-state index < -0.39 is 0 Å². The lowest BCUT2D eigenvalue weighted by atomic mass is 9.88. The fourth-order valence-corrected chi connectivity index (χ4v) is 3.50. The molecule has 1 aromatic heterocycles. The van der Waals surface area contributed by atoms with E-state index in [9.17, 15) is 4.79 Å². The highest BCUT2D eigenvalue weighted by Gasteiger charge is 2.31. The number of nitrogens with one attached hydrogen (secondary N) is 2. The smallest absolute Gasteiger partial charge is 0.293 e. The van der Waals surface area contributed by atoms with Gasteiger partial charge in [0, 0.05) is 25.6 Å². The predicted molar refractivity (Wildman–Crippen MR) is 80.0 cm³/mol. The fourth-order valence-electron chi connectivity index (χ4n) is 3.50. The van der Waals surface area contributed by atoms with Crippen LogP contribution in [0.15, 0.2) is 0 Å². The van der Waals surface area contributed by atoms with Crippen molar-refractivity contribution in [3.63, 3.8) is 0 Å². The number of amides is 1. The van der Waals surface area contributed by atoms with Crippen LogP contribution >= 0.6 is 0 Å². The zero-order chi connectivity index (χ0) is 14.7. The molecule has 1 aromatic rings. The molecule has 6 nitrogen and oxygen atoms in total. The van der Waals surface area contributed by atoms with Gasteiger partial charge in [-0.1, -0.05) is 6.92 Å². The molecule has 2 saturated heterocycles. The summed E-state index contributed by atoms with van der Waals surface area (Å²) < 4.78 is 0. The van der Waals surface area contributed by atoms with Crippen molar-refractivity contribution in [1.82, 2.24) is 25.4 Å². The molecular weight excluding hydrogens is 266 g/mol. The number of rotatable bonds is 4. The van der Waals surface area contributed by atoms with E-state index in [1.54, 1.807) is 0 Å². The van der Waals surface area contributed by atoms with Gasteiger partial charge in [0.1, 0.15) is 5.82 Å². The van der Waals surface area contributed by atoms with Gasteiger partial charge in [-0.2, -0.15) is 0 Å². The fraction of sp³-hybridized carbons (Fsp3) is 0.800. The van der Waals surface area contributed by atoms with Gasteiger partial charge in [0.15, 0.2) is 0 Å². The van der Waals surface area contributed by atoms with Crippen LogP contribution in [-0.2, 0) is 6.42 Å². The maximum Gasteiger partial charge on any atom is 0.293 e. The largest absolute Gasteiger partial charge is 0.336 e. The number of carbonyl (C=O) groups excluding carboxylic acids is 1. The van der Waals surface area contributed by atoms with E-state index in [4.69, 9.17) is 0 Å². The van der Waals surface area contributed by atoms with E-state index in [0.717, 1.165) is 57.1 Å². The normalized spacial score (nSPS) is 23.7. The van der Waals surface area contributed by atoms with Crippen LogP contribution in [0.5, 0.6) is 0 Å². The second-order valence-corrected chi connectivity index (χ2v) is 6.19. The minimum absolute atomic E-state index is 0.0218. The Morgan fingerprint density at radius 2 is 2.14 bits per heavy atom. The first kappa shape index (κ1) is 14.5. The molecule has 116 valence electrons. The van der Waals surface area contributed by atoms with Gasteiger partial charge in [-0.3, -0.25) is 9.89 Å². The molecule has 3 rings (SSSR count). The molecule has 2 aliphatic heterocycles. The lowest BCUT2D eigenvalue weighted by Gasteiger charge is -2.34. The molecule has 0 spiro atoms. The lowest BCUT2D eigenvalue weighted by molar-refractivity contribution is 0.0662. The summed E-state index contributed by atoms with van der Waals surface area (Å²) >= 11 is 0.